The average Bonchev–Trinajstić information content (AvgIpc) is 2.90. The second-order valence-corrected chi connectivity index (χ2v) is 12.8. The molecule has 0 amide bonds. The van der Waals surface area contributed by atoms with Crippen molar-refractivity contribution in [2.45, 2.75) is 108 Å². The zero-order valence-electron chi connectivity index (χ0n) is 22.1. The summed E-state index contributed by atoms with van der Waals surface area (Å²) in [4.78, 5) is 14.7. The number of rotatable bonds is 10. The van der Waals surface area contributed by atoms with Gasteiger partial charge in [0, 0.05) is 13.1 Å². The van der Waals surface area contributed by atoms with E-state index in [4.69, 9.17) is 14.5 Å². The highest BCUT2D eigenvalue weighted by molar-refractivity contribution is 5.29. The lowest BCUT2D eigenvalue weighted by Gasteiger charge is -2.53. The Bertz CT molecular complexity index is 784. The SMILES string of the molecule is OC1CCN(CCCCOc2ccc(C3CCC(OOC4C5CC6CC(C5)CC4C6)CC3)cc2)CC1. The van der Waals surface area contributed by atoms with Gasteiger partial charge in [-0.3, -0.25) is 0 Å². The molecule has 5 saturated carbocycles. The molecule has 1 saturated heterocycles. The lowest BCUT2D eigenvalue weighted by atomic mass is 9.55. The quantitative estimate of drug-likeness (QED) is 0.240. The van der Waals surface area contributed by atoms with Gasteiger partial charge in [-0.15, -0.1) is 0 Å². The Morgan fingerprint density at radius 2 is 1.42 bits per heavy atom. The zero-order chi connectivity index (χ0) is 24.3. The molecule has 4 bridgehead atoms. The van der Waals surface area contributed by atoms with Crippen LogP contribution in [0.4, 0.5) is 0 Å². The molecule has 6 aliphatic rings. The Labute approximate surface area is 217 Å². The Morgan fingerprint density at radius 3 is 2.08 bits per heavy atom. The molecule has 1 heterocycles. The van der Waals surface area contributed by atoms with Gasteiger partial charge in [0.2, 0.25) is 0 Å². The van der Waals surface area contributed by atoms with Gasteiger partial charge in [0.25, 0.3) is 0 Å². The van der Waals surface area contributed by atoms with Crippen molar-refractivity contribution >= 4 is 0 Å². The van der Waals surface area contributed by atoms with E-state index < -0.39 is 0 Å². The Hall–Kier alpha value is -1.14. The predicted octanol–water partition coefficient (Wildman–Crippen LogP) is 6.10. The van der Waals surface area contributed by atoms with Gasteiger partial charge >= 0.3 is 0 Å². The summed E-state index contributed by atoms with van der Waals surface area (Å²) in [6.07, 6.45) is 16.3. The highest BCUT2D eigenvalue weighted by Gasteiger charge is 2.49. The number of hydrogen-bond donors (Lipinski definition) is 1. The molecular weight excluding hydrogens is 450 g/mol. The highest BCUT2D eigenvalue weighted by Crippen LogP contribution is 2.54. The molecular formula is C31H47NO4. The molecule has 0 aromatic heterocycles. The summed E-state index contributed by atoms with van der Waals surface area (Å²) in [6.45, 7) is 3.97. The normalized spacial score (nSPS) is 36.9. The summed E-state index contributed by atoms with van der Waals surface area (Å²) in [5, 5.41) is 9.62. The number of ether oxygens (including phenoxy) is 1. The third-order valence-corrected chi connectivity index (χ3v) is 10.2. The molecule has 200 valence electrons. The maximum atomic E-state index is 9.62. The first-order valence-electron chi connectivity index (χ1n) is 15.1. The summed E-state index contributed by atoms with van der Waals surface area (Å²) in [5.74, 6) is 5.12. The van der Waals surface area contributed by atoms with Crippen LogP contribution in [0.25, 0.3) is 0 Å². The molecule has 6 fully saturated rings. The molecule has 1 aromatic rings. The number of piperidine rings is 1. The number of benzene rings is 1. The molecule has 0 spiro atoms. The van der Waals surface area contributed by atoms with E-state index >= 15 is 0 Å². The highest BCUT2D eigenvalue weighted by atomic mass is 17.2. The molecule has 5 nitrogen and oxygen atoms in total. The molecule has 0 unspecified atom stereocenters. The van der Waals surface area contributed by atoms with Crippen molar-refractivity contribution in [3.63, 3.8) is 0 Å². The van der Waals surface area contributed by atoms with E-state index in [2.05, 4.69) is 29.2 Å². The predicted molar refractivity (Wildman–Crippen MR) is 141 cm³/mol. The molecule has 5 heteroatoms. The van der Waals surface area contributed by atoms with Crippen molar-refractivity contribution in [1.82, 2.24) is 4.90 Å². The fourth-order valence-corrected chi connectivity index (χ4v) is 8.27. The molecule has 1 aliphatic heterocycles. The molecule has 5 aliphatic carbocycles. The van der Waals surface area contributed by atoms with Crippen molar-refractivity contribution in [2.24, 2.45) is 23.7 Å². The number of likely N-dealkylation sites (tertiary alicyclic amines) is 1. The second kappa shape index (κ2) is 11.7. The van der Waals surface area contributed by atoms with E-state index in [1.165, 1.54) is 50.5 Å². The third kappa shape index (κ3) is 6.11. The summed E-state index contributed by atoms with van der Waals surface area (Å²) >= 11 is 0. The van der Waals surface area contributed by atoms with Crippen molar-refractivity contribution in [3.05, 3.63) is 29.8 Å². The van der Waals surface area contributed by atoms with E-state index in [0.717, 1.165) is 94.2 Å². The van der Waals surface area contributed by atoms with Crippen molar-refractivity contribution in [1.29, 1.82) is 0 Å². The van der Waals surface area contributed by atoms with Crippen molar-refractivity contribution < 1.29 is 19.6 Å². The summed E-state index contributed by atoms with van der Waals surface area (Å²) in [5.41, 5.74) is 1.44. The van der Waals surface area contributed by atoms with Gasteiger partial charge < -0.3 is 14.7 Å². The number of aliphatic hydroxyl groups is 1. The topological polar surface area (TPSA) is 51.2 Å². The van der Waals surface area contributed by atoms with Gasteiger partial charge in [0.05, 0.1) is 24.9 Å². The monoisotopic (exact) mass is 497 g/mol. The Balaban J connectivity index is 0.866. The van der Waals surface area contributed by atoms with Crippen LogP contribution in [-0.2, 0) is 9.78 Å². The smallest absolute Gasteiger partial charge is 0.119 e. The van der Waals surface area contributed by atoms with Gasteiger partial charge in [-0.1, -0.05) is 12.1 Å². The maximum Gasteiger partial charge on any atom is 0.119 e. The largest absolute Gasteiger partial charge is 0.494 e. The first-order chi connectivity index (χ1) is 17.7. The minimum absolute atomic E-state index is 0.0821. The molecule has 1 aromatic carbocycles. The molecule has 0 radical (unpaired) electrons. The van der Waals surface area contributed by atoms with E-state index in [1.807, 2.05) is 0 Å². The van der Waals surface area contributed by atoms with Gasteiger partial charge in [-0.05, 0) is 137 Å². The maximum absolute atomic E-state index is 9.62. The van der Waals surface area contributed by atoms with E-state index in [-0.39, 0.29) is 12.2 Å². The zero-order valence-corrected chi connectivity index (χ0v) is 22.1. The van der Waals surface area contributed by atoms with Crippen LogP contribution in [0.15, 0.2) is 24.3 Å². The first kappa shape index (κ1) is 25.2. The van der Waals surface area contributed by atoms with E-state index in [1.54, 1.807) is 0 Å². The van der Waals surface area contributed by atoms with Crippen LogP contribution in [0.1, 0.15) is 95.0 Å². The summed E-state index contributed by atoms with van der Waals surface area (Å²) < 4.78 is 6.01. The van der Waals surface area contributed by atoms with E-state index in [0.29, 0.717) is 12.0 Å². The van der Waals surface area contributed by atoms with Crippen LogP contribution in [0.2, 0.25) is 0 Å². The standard InChI is InChI=1S/C31H47NO4/c33-28-11-14-32(15-12-28)13-1-2-16-34-29-7-3-24(4-8-29)25-5-9-30(10-6-25)35-36-31-26-18-22-17-23(20-26)21-27(31)19-22/h3-4,7-8,22-23,25-28,30-31,33H,1-2,5-6,9-21H2. The second-order valence-electron chi connectivity index (χ2n) is 12.8. The summed E-state index contributed by atoms with van der Waals surface area (Å²) in [6, 6.07) is 8.84. The third-order valence-electron chi connectivity index (χ3n) is 10.2. The first-order valence-corrected chi connectivity index (χ1v) is 15.1. The molecule has 0 atom stereocenters. The van der Waals surface area contributed by atoms with Gasteiger partial charge in [-0.2, -0.15) is 0 Å². The van der Waals surface area contributed by atoms with Crippen LogP contribution in [-0.4, -0.2) is 54.6 Å². The minimum atomic E-state index is -0.0821. The Kier molecular flexibility index (Phi) is 8.19. The Morgan fingerprint density at radius 1 is 0.750 bits per heavy atom. The van der Waals surface area contributed by atoms with Gasteiger partial charge in [0.15, 0.2) is 0 Å². The fourth-order valence-electron chi connectivity index (χ4n) is 8.27. The lowest BCUT2D eigenvalue weighted by Crippen LogP contribution is -2.49. The van der Waals surface area contributed by atoms with Crippen LogP contribution >= 0.6 is 0 Å². The number of hydrogen-bond acceptors (Lipinski definition) is 5. The average molecular weight is 498 g/mol. The van der Waals surface area contributed by atoms with Gasteiger partial charge in [0.1, 0.15) is 5.75 Å². The molecule has 7 rings (SSSR count). The molecule has 1 N–H and O–H groups in total. The molecule has 36 heavy (non-hydrogen) atoms. The van der Waals surface area contributed by atoms with Crippen molar-refractivity contribution in [3.8, 4) is 5.75 Å². The summed E-state index contributed by atoms with van der Waals surface area (Å²) in [7, 11) is 0. The van der Waals surface area contributed by atoms with Crippen LogP contribution in [0.3, 0.4) is 0 Å². The van der Waals surface area contributed by atoms with Crippen LogP contribution < -0.4 is 4.74 Å². The number of nitrogens with zero attached hydrogens (tertiary/aromatic N) is 1. The lowest BCUT2D eigenvalue weighted by molar-refractivity contribution is -0.383. The minimum Gasteiger partial charge on any atom is -0.494 e. The van der Waals surface area contributed by atoms with Gasteiger partial charge in [-0.25, -0.2) is 9.78 Å². The number of aliphatic hydroxyl groups excluding tert-OH is 1. The number of unbranched alkanes of at least 4 members (excludes halogenated alkanes) is 1. The van der Waals surface area contributed by atoms with Crippen LogP contribution in [0.5, 0.6) is 5.75 Å². The van der Waals surface area contributed by atoms with Crippen LogP contribution in [0, 0.1) is 23.7 Å². The fraction of sp³-hybridized carbons (Fsp3) is 0.806. The van der Waals surface area contributed by atoms with E-state index in [9.17, 15) is 5.11 Å². The van der Waals surface area contributed by atoms with Crippen molar-refractivity contribution in [2.75, 3.05) is 26.2 Å².